The fourth-order valence-corrected chi connectivity index (χ4v) is 6.10. The number of carbonyl (C=O) groups excluding carboxylic acids is 1. The van der Waals surface area contributed by atoms with E-state index in [1.165, 1.54) is 6.07 Å². The maximum Gasteiger partial charge on any atom is 0.410 e. The highest BCUT2D eigenvalue weighted by Crippen LogP contribution is 2.53. The molecule has 2 aliphatic heterocycles. The van der Waals surface area contributed by atoms with Gasteiger partial charge in [0.15, 0.2) is 11.6 Å². The summed E-state index contributed by atoms with van der Waals surface area (Å²) in [6, 6.07) is 6.85. The monoisotopic (exact) mass is 588 g/mol. The smallest absolute Gasteiger partial charge is 0.410 e. The van der Waals surface area contributed by atoms with E-state index in [0.29, 0.717) is 42.0 Å². The van der Waals surface area contributed by atoms with Crippen LogP contribution in [-0.4, -0.2) is 72.2 Å². The number of ether oxygens (including phenoxy) is 1. The second kappa shape index (κ2) is 10.2. The van der Waals surface area contributed by atoms with Crippen molar-refractivity contribution >= 4 is 28.9 Å². The Labute approximate surface area is 248 Å². The third kappa shape index (κ3) is 5.39. The second-order valence-corrected chi connectivity index (χ2v) is 12.7. The zero-order valence-corrected chi connectivity index (χ0v) is 24.5. The van der Waals surface area contributed by atoms with Crippen LogP contribution in [-0.2, 0) is 23.2 Å². The number of hydrogen-bond acceptors (Lipinski definition) is 8. The minimum atomic E-state index is -0.637. The van der Waals surface area contributed by atoms with Crippen molar-refractivity contribution in [3.05, 3.63) is 59.7 Å². The van der Waals surface area contributed by atoms with Gasteiger partial charge in [-0.15, -0.1) is 0 Å². The van der Waals surface area contributed by atoms with E-state index in [0.717, 1.165) is 56.4 Å². The van der Waals surface area contributed by atoms with Crippen molar-refractivity contribution in [2.75, 3.05) is 31.5 Å². The fourth-order valence-electron chi connectivity index (χ4n) is 6.10. The molecule has 0 radical (unpaired) electrons. The Balaban J connectivity index is 1.02. The second-order valence-electron chi connectivity index (χ2n) is 12.7. The number of imidazole rings is 1. The molecule has 2 fully saturated rings. The van der Waals surface area contributed by atoms with Crippen LogP contribution in [0.3, 0.4) is 0 Å². The Morgan fingerprint density at radius 3 is 2.49 bits per heavy atom. The van der Waals surface area contributed by atoms with Gasteiger partial charge >= 0.3 is 6.09 Å². The lowest BCUT2D eigenvalue weighted by atomic mass is 10.1. The number of nitrogens with zero attached hydrogens (tertiary/aromatic N) is 7. The van der Waals surface area contributed by atoms with Crippen LogP contribution >= 0.6 is 0 Å². The number of piperazine rings is 1. The normalized spacial score (nSPS) is 17.8. The van der Waals surface area contributed by atoms with Gasteiger partial charge in [0.2, 0.25) is 5.95 Å². The number of fused-ring (bicyclic) bond motifs is 4. The number of halogens is 2. The zero-order valence-electron chi connectivity index (χ0n) is 24.5. The van der Waals surface area contributed by atoms with Crippen molar-refractivity contribution in [2.24, 2.45) is 0 Å². The van der Waals surface area contributed by atoms with E-state index in [-0.39, 0.29) is 23.3 Å². The van der Waals surface area contributed by atoms with Crippen LogP contribution in [0.1, 0.15) is 51.4 Å². The molecule has 1 saturated heterocycles. The summed E-state index contributed by atoms with van der Waals surface area (Å²) in [6.45, 7) is 8.97. The number of amides is 1. The van der Waals surface area contributed by atoms with Gasteiger partial charge in [-0.2, -0.15) is 0 Å². The lowest BCUT2D eigenvalue weighted by Crippen LogP contribution is -2.49. The molecule has 224 valence electrons. The van der Waals surface area contributed by atoms with E-state index in [9.17, 15) is 9.18 Å². The van der Waals surface area contributed by atoms with Crippen molar-refractivity contribution < 1.29 is 18.3 Å². The molecule has 1 aliphatic carbocycles. The molecule has 4 aromatic rings. The summed E-state index contributed by atoms with van der Waals surface area (Å²) >= 11 is 0. The first kappa shape index (κ1) is 27.6. The number of carbonyl (C=O) groups is 1. The number of aromatic nitrogens is 5. The van der Waals surface area contributed by atoms with E-state index in [1.807, 2.05) is 32.9 Å². The summed E-state index contributed by atoms with van der Waals surface area (Å²) in [5, 5.41) is 3.04. The summed E-state index contributed by atoms with van der Waals surface area (Å²) in [6.07, 6.45) is 6.54. The van der Waals surface area contributed by atoms with E-state index in [1.54, 1.807) is 17.2 Å². The number of pyridine rings is 1. The highest BCUT2D eigenvalue weighted by atomic mass is 19.1. The van der Waals surface area contributed by atoms with Gasteiger partial charge in [0.05, 0.1) is 11.7 Å². The molecule has 1 aromatic carbocycles. The van der Waals surface area contributed by atoms with E-state index in [4.69, 9.17) is 4.74 Å². The quantitative estimate of drug-likeness (QED) is 0.331. The van der Waals surface area contributed by atoms with Gasteiger partial charge in [0.1, 0.15) is 28.5 Å². The Morgan fingerprint density at radius 2 is 1.79 bits per heavy atom. The third-order valence-corrected chi connectivity index (χ3v) is 8.41. The van der Waals surface area contributed by atoms with Gasteiger partial charge in [-0.25, -0.2) is 33.5 Å². The standard InChI is InChI=1S/C31H34F2N8O2/c1-30(2,3)43-29(42)40-12-10-39(11-13-40)18-19-4-5-24(34-16-19)36-28-35-17-22(33)26(38-28)20-14-21(32)27-23(15-20)41-25(37-27)6-7-31(41)8-9-31/h4-5,14-17H,6-13,18H2,1-3H3,(H,34,35,36,38). The molecule has 5 heterocycles. The van der Waals surface area contributed by atoms with Gasteiger partial charge in [0, 0.05) is 56.4 Å². The molecule has 0 unspecified atom stereocenters. The Bertz CT molecular complexity index is 1700. The zero-order chi connectivity index (χ0) is 29.9. The number of benzene rings is 1. The van der Waals surface area contributed by atoms with E-state index in [2.05, 4.69) is 34.7 Å². The van der Waals surface area contributed by atoms with Crippen molar-refractivity contribution in [1.82, 2.24) is 34.3 Å². The average molecular weight is 589 g/mol. The van der Waals surface area contributed by atoms with Gasteiger partial charge < -0.3 is 19.5 Å². The first-order chi connectivity index (χ1) is 20.6. The number of hydrogen-bond donors (Lipinski definition) is 1. The Hall–Kier alpha value is -4.19. The molecule has 0 atom stereocenters. The molecule has 12 heteroatoms. The summed E-state index contributed by atoms with van der Waals surface area (Å²) in [7, 11) is 0. The first-order valence-electron chi connectivity index (χ1n) is 14.7. The molecule has 1 amide bonds. The Kier molecular flexibility index (Phi) is 6.57. The number of anilines is 2. The lowest BCUT2D eigenvalue weighted by molar-refractivity contribution is 0.0139. The molecular weight excluding hydrogens is 554 g/mol. The van der Waals surface area contributed by atoms with Crippen molar-refractivity contribution in [2.45, 2.75) is 64.1 Å². The molecule has 3 aliphatic rings. The molecular formula is C31H34F2N8O2. The molecule has 1 N–H and O–H groups in total. The number of rotatable bonds is 5. The lowest BCUT2D eigenvalue weighted by Gasteiger charge is -2.35. The molecule has 3 aromatic heterocycles. The van der Waals surface area contributed by atoms with Crippen LogP contribution in [0.15, 0.2) is 36.7 Å². The van der Waals surface area contributed by atoms with Crippen LogP contribution < -0.4 is 5.32 Å². The third-order valence-electron chi connectivity index (χ3n) is 8.41. The predicted molar refractivity (Wildman–Crippen MR) is 157 cm³/mol. The summed E-state index contributed by atoms with van der Waals surface area (Å²) in [5.41, 5.74) is 1.92. The predicted octanol–water partition coefficient (Wildman–Crippen LogP) is 5.40. The largest absolute Gasteiger partial charge is 0.444 e. The maximum atomic E-state index is 15.2. The molecule has 1 saturated carbocycles. The van der Waals surface area contributed by atoms with Crippen LogP contribution in [0.2, 0.25) is 0 Å². The highest BCUT2D eigenvalue weighted by Gasteiger charge is 2.50. The van der Waals surface area contributed by atoms with Gasteiger partial charge in [-0.3, -0.25) is 4.90 Å². The molecule has 1 spiro atoms. The molecule has 7 rings (SSSR count). The fraction of sp³-hybridized carbons (Fsp3) is 0.452. The molecule has 0 bridgehead atoms. The van der Waals surface area contributed by atoms with Gasteiger partial charge in [-0.1, -0.05) is 6.07 Å². The van der Waals surface area contributed by atoms with Crippen molar-refractivity contribution in [3.8, 4) is 11.3 Å². The van der Waals surface area contributed by atoms with Crippen LogP contribution in [0.5, 0.6) is 0 Å². The van der Waals surface area contributed by atoms with E-state index >= 15 is 4.39 Å². The first-order valence-corrected chi connectivity index (χ1v) is 14.7. The van der Waals surface area contributed by atoms with Crippen LogP contribution in [0.4, 0.5) is 25.3 Å². The Morgan fingerprint density at radius 1 is 1.00 bits per heavy atom. The summed E-state index contributed by atoms with van der Waals surface area (Å²) in [5.74, 6) is 0.434. The van der Waals surface area contributed by atoms with Gasteiger partial charge in [-0.05, 0) is 63.8 Å². The highest BCUT2D eigenvalue weighted by molar-refractivity contribution is 5.83. The summed E-state index contributed by atoms with van der Waals surface area (Å²) < 4.78 is 37.8. The van der Waals surface area contributed by atoms with Crippen LogP contribution in [0.25, 0.3) is 22.3 Å². The van der Waals surface area contributed by atoms with Crippen molar-refractivity contribution in [3.63, 3.8) is 0 Å². The van der Waals surface area contributed by atoms with Crippen LogP contribution in [0, 0.1) is 11.6 Å². The molecule has 10 nitrogen and oxygen atoms in total. The van der Waals surface area contributed by atoms with Crippen molar-refractivity contribution in [1.29, 1.82) is 0 Å². The van der Waals surface area contributed by atoms with E-state index < -0.39 is 17.2 Å². The topological polar surface area (TPSA) is 101 Å². The molecule has 43 heavy (non-hydrogen) atoms. The number of nitrogens with one attached hydrogen (secondary N) is 1. The maximum absolute atomic E-state index is 15.2. The number of aryl methyl sites for hydroxylation is 1. The van der Waals surface area contributed by atoms with Gasteiger partial charge in [0.25, 0.3) is 0 Å². The summed E-state index contributed by atoms with van der Waals surface area (Å²) in [4.78, 5) is 33.8. The SMILES string of the molecule is CC(C)(C)OC(=O)N1CCN(Cc2ccc(Nc3ncc(F)c(-c4cc(F)c5nc6n(c5c4)C4(CC6)CC4)n3)nc2)CC1. The average Bonchev–Trinajstić information content (AvgIpc) is 3.52. The minimum Gasteiger partial charge on any atom is -0.444 e. The minimum absolute atomic E-state index is 0.0128.